The highest BCUT2D eigenvalue weighted by Crippen LogP contribution is 2.31. The van der Waals surface area contributed by atoms with Crippen molar-refractivity contribution < 1.29 is 13.9 Å². The zero-order valence-electron chi connectivity index (χ0n) is 16.1. The molecule has 2 atom stereocenters. The average Bonchev–Trinajstić information content (AvgIpc) is 3.32. The number of benzene rings is 1. The number of anilines is 2. The molecule has 2 aromatic heterocycles. The molecule has 3 heterocycles. The first kappa shape index (κ1) is 18.6. The van der Waals surface area contributed by atoms with Gasteiger partial charge in [0.1, 0.15) is 17.6 Å². The largest absolute Gasteiger partial charge is 0.381 e. The number of ether oxygens (including phenoxy) is 2. The smallest absolute Gasteiger partial charge is 0.148 e. The Morgan fingerprint density at radius 3 is 3.10 bits per heavy atom. The van der Waals surface area contributed by atoms with Crippen LogP contribution in [-0.2, 0) is 9.47 Å². The standard InChI is InChI=1S/C20H22FN5O2S/c1-27-9-20(28-2)4-3-12-16(7-20)29-19-17(12)18(22-10-23-19)25-15-5-11-8-24-26-14(11)6-13(15)21/h3,5-8,18,22-23,25H,4,9-10H2,1-2H3,(H,24,26). The summed E-state index contributed by atoms with van der Waals surface area (Å²) in [5.41, 5.74) is 1.76. The van der Waals surface area contributed by atoms with Gasteiger partial charge in [0, 0.05) is 42.2 Å². The maximum atomic E-state index is 14.6. The lowest BCUT2D eigenvalue weighted by molar-refractivity contribution is -0.0137. The molecule has 4 N–H and O–H groups in total. The molecule has 0 amide bonds. The fraction of sp³-hybridized carbons (Fsp3) is 0.350. The number of halogens is 1. The van der Waals surface area contributed by atoms with Gasteiger partial charge in [0.25, 0.3) is 0 Å². The second-order valence-electron chi connectivity index (χ2n) is 7.30. The molecule has 0 bridgehead atoms. The van der Waals surface area contributed by atoms with Gasteiger partial charge in [-0.2, -0.15) is 5.10 Å². The summed E-state index contributed by atoms with van der Waals surface area (Å²) >= 11 is 1.68. The molecule has 0 radical (unpaired) electrons. The molecule has 1 aliphatic heterocycles. The minimum Gasteiger partial charge on any atom is -0.381 e. The van der Waals surface area contributed by atoms with E-state index in [9.17, 15) is 4.39 Å². The first-order valence-corrected chi connectivity index (χ1v) is 10.2. The number of nitrogens with one attached hydrogen (secondary N) is 4. The lowest BCUT2D eigenvalue weighted by atomic mass is 9.94. The molecule has 0 saturated heterocycles. The normalized spacial score (nSPS) is 22.9. The van der Waals surface area contributed by atoms with Crippen LogP contribution in [0.1, 0.15) is 18.2 Å². The van der Waals surface area contributed by atoms with Crippen molar-refractivity contribution in [2.24, 2.45) is 0 Å². The van der Waals surface area contributed by atoms with Crippen LogP contribution >= 0.6 is 11.3 Å². The number of methoxy groups -OCH3 is 2. The van der Waals surface area contributed by atoms with E-state index < -0.39 is 5.60 Å². The van der Waals surface area contributed by atoms with Crippen LogP contribution in [0.5, 0.6) is 0 Å². The van der Waals surface area contributed by atoms with Gasteiger partial charge in [0.05, 0.1) is 35.7 Å². The molecule has 0 fully saturated rings. The van der Waals surface area contributed by atoms with E-state index in [-0.39, 0.29) is 12.0 Å². The quantitative estimate of drug-likeness (QED) is 0.509. The predicted octanol–water partition coefficient (Wildman–Crippen LogP) is 1.84. The number of aromatic amines is 1. The van der Waals surface area contributed by atoms with E-state index in [2.05, 4.69) is 38.3 Å². The molecule has 0 spiro atoms. The minimum atomic E-state index is -0.454. The molecule has 29 heavy (non-hydrogen) atoms. The van der Waals surface area contributed by atoms with Crippen molar-refractivity contribution in [3.05, 3.63) is 39.5 Å². The molecule has 152 valence electrons. The maximum Gasteiger partial charge on any atom is 0.148 e. The van der Waals surface area contributed by atoms with Crippen molar-refractivity contribution in [2.75, 3.05) is 38.1 Å². The summed E-state index contributed by atoms with van der Waals surface area (Å²) in [5, 5.41) is 20.0. The van der Waals surface area contributed by atoms with Crippen LogP contribution in [0.15, 0.2) is 18.3 Å². The van der Waals surface area contributed by atoms with E-state index in [0.717, 1.165) is 32.1 Å². The predicted molar refractivity (Wildman–Crippen MR) is 113 cm³/mol. The van der Waals surface area contributed by atoms with Crippen molar-refractivity contribution >= 4 is 45.1 Å². The van der Waals surface area contributed by atoms with Crippen LogP contribution in [0.25, 0.3) is 23.1 Å². The number of fused-ring (bicyclic) bond motifs is 4. The molecule has 0 saturated carbocycles. The lowest BCUT2D eigenvalue weighted by Gasteiger charge is -2.30. The summed E-state index contributed by atoms with van der Waals surface area (Å²) in [4.78, 5) is 0. The van der Waals surface area contributed by atoms with Gasteiger partial charge in [-0.05, 0) is 17.4 Å². The van der Waals surface area contributed by atoms with E-state index in [0.29, 0.717) is 24.5 Å². The topological polar surface area (TPSA) is 83.2 Å². The molecular formula is C20H22FN5O2S. The SMILES string of the molecule is COCC1(OC)C=c2sc3c(c2=CC1)C(Nc1cc2cn[nH]c2cc1F)NCN3. The van der Waals surface area contributed by atoms with Gasteiger partial charge in [-0.1, -0.05) is 6.08 Å². The minimum absolute atomic E-state index is 0.216. The van der Waals surface area contributed by atoms with Crippen LogP contribution in [0.3, 0.4) is 0 Å². The first-order valence-electron chi connectivity index (χ1n) is 9.39. The summed E-state index contributed by atoms with van der Waals surface area (Å²) in [5.74, 6) is -0.318. The van der Waals surface area contributed by atoms with E-state index in [4.69, 9.17) is 9.47 Å². The number of nitrogens with zero attached hydrogens (tertiary/aromatic N) is 1. The van der Waals surface area contributed by atoms with Gasteiger partial charge in [0.15, 0.2) is 0 Å². The number of H-pyrrole nitrogens is 1. The fourth-order valence-electron chi connectivity index (χ4n) is 4.02. The Bertz CT molecular complexity index is 1190. The Hall–Kier alpha value is -2.46. The van der Waals surface area contributed by atoms with Crippen LogP contribution in [-0.4, -0.2) is 43.3 Å². The van der Waals surface area contributed by atoms with E-state index in [1.807, 2.05) is 0 Å². The zero-order valence-corrected chi connectivity index (χ0v) is 17.0. The third-order valence-corrected chi connectivity index (χ3v) is 6.65. The Morgan fingerprint density at radius 2 is 2.28 bits per heavy atom. The van der Waals surface area contributed by atoms with E-state index in [1.54, 1.807) is 37.8 Å². The number of aromatic nitrogens is 2. The first-order chi connectivity index (χ1) is 14.1. The summed E-state index contributed by atoms with van der Waals surface area (Å²) in [6.07, 6.45) is 6.52. The molecular weight excluding hydrogens is 393 g/mol. The van der Waals surface area contributed by atoms with Gasteiger partial charge in [-0.3, -0.25) is 10.4 Å². The lowest BCUT2D eigenvalue weighted by Crippen LogP contribution is -2.44. The Morgan fingerprint density at radius 1 is 1.38 bits per heavy atom. The van der Waals surface area contributed by atoms with Crippen LogP contribution in [0.4, 0.5) is 15.1 Å². The monoisotopic (exact) mass is 415 g/mol. The van der Waals surface area contributed by atoms with Gasteiger partial charge in [-0.25, -0.2) is 4.39 Å². The van der Waals surface area contributed by atoms with Crippen molar-refractivity contribution in [1.29, 1.82) is 0 Å². The molecule has 9 heteroatoms. The highest BCUT2D eigenvalue weighted by Gasteiger charge is 2.32. The summed E-state index contributed by atoms with van der Waals surface area (Å²) < 4.78 is 26.9. The summed E-state index contributed by atoms with van der Waals surface area (Å²) in [6.45, 7) is 1.08. The van der Waals surface area contributed by atoms with Crippen molar-refractivity contribution in [2.45, 2.75) is 18.2 Å². The Labute approximate surface area is 170 Å². The molecule has 1 aromatic carbocycles. The molecule has 2 unspecified atom stereocenters. The maximum absolute atomic E-state index is 14.6. The second kappa shape index (κ2) is 7.10. The van der Waals surface area contributed by atoms with Crippen molar-refractivity contribution in [3.8, 4) is 0 Å². The van der Waals surface area contributed by atoms with Crippen molar-refractivity contribution in [1.82, 2.24) is 15.5 Å². The van der Waals surface area contributed by atoms with Crippen molar-refractivity contribution in [3.63, 3.8) is 0 Å². The van der Waals surface area contributed by atoms with Gasteiger partial charge in [-0.15, -0.1) is 11.3 Å². The molecule has 2 aliphatic rings. The Kier molecular flexibility index (Phi) is 4.54. The molecule has 1 aliphatic carbocycles. The summed E-state index contributed by atoms with van der Waals surface area (Å²) in [7, 11) is 3.39. The third-order valence-electron chi connectivity index (χ3n) is 5.52. The molecule has 7 nitrogen and oxygen atoms in total. The van der Waals surface area contributed by atoms with Crippen LogP contribution in [0, 0.1) is 5.82 Å². The molecule has 3 aromatic rings. The van der Waals surface area contributed by atoms with Gasteiger partial charge < -0.3 is 20.1 Å². The van der Waals surface area contributed by atoms with Gasteiger partial charge >= 0.3 is 0 Å². The summed E-state index contributed by atoms with van der Waals surface area (Å²) in [6, 6.07) is 3.24. The number of thiophene rings is 1. The highest BCUT2D eigenvalue weighted by molar-refractivity contribution is 7.14. The number of hydrogen-bond donors (Lipinski definition) is 4. The van der Waals surface area contributed by atoms with E-state index >= 15 is 0 Å². The fourth-order valence-corrected chi connectivity index (χ4v) is 5.30. The zero-order chi connectivity index (χ0) is 20.0. The molecule has 5 rings (SSSR count). The van der Waals surface area contributed by atoms with Gasteiger partial charge in [0.2, 0.25) is 0 Å². The third kappa shape index (κ3) is 3.10. The highest BCUT2D eigenvalue weighted by atomic mass is 32.1. The second-order valence-corrected chi connectivity index (χ2v) is 8.35. The van der Waals surface area contributed by atoms with Crippen LogP contribution < -0.4 is 25.7 Å². The van der Waals surface area contributed by atoms with Crippen LogP contribution in [0.2, 0.25) is 0 Å². The number of hydrogen-bond acceptors (Lipinski definition) is 7. The Balaban J connectivity index is 1.55. The van der Waals surface area contributed by atoms with E-state index in [1.165, 1.54) is 6.07 Å². The number of rotatable bonds is 5. The average molecular weight is 415 g/mol.